The van der Waals surface area contributed by atoms with Crippen molar-refractivity contribution >= 4 is 0 Å². The van der Waals surface area contributed by atoms with Crippen LogP contribution in [0.1, 0.15) is 83.1 Å². The fourth-order valence-corrected chi connectivity index (χ4v) is 4.69. The minimum Gasteiger partial charge on any atom is -0.490 e. The number of rotatable bonds is 10. The summed E-state index contributed by atoms with van der Waals surface area (Å²) in [6.45, 7) is 4.36. The molecule has 1 fully saturated rings. The van der Waals surface area contributed by atoms with Gasteiger partial charge in [-0.05, 0) is 75.0 Å². The average Bonchev–Trinajstić information content (AvgIpc) is 2.83. The van der Waals surface area contributed by atoms with E-state index in [-0.39, 0.29) is 29.4 Å². The summed E-state index contributed by atoms with van der Waals surface area (Å²) >= 11 is 0. The molecule has 0 N–H and O–H groups in total. The summed E-state index contributed by atoms with van der Waals surface area (Å²) < 4.78 is 64.6. The highest BCUT2D eigenvalue weighted by molar-refractivity contribution is 5.66. The van der Waals surface area contributed by atoms with E-state index in [9.17, 15) is 17.6 Å². The van der Waals surface area contributed by atoms with Gasteiger partial charge in [0, 0.05) is 11.1 Å². The van der Waals surface area contributed by atoms with Gasteiger partial charge < -0.3 is 4.74 Å². The van der Waals surface area contributed by atoms with Crippen LogP contribution in [0.15, 0.2) is 36.4 Å². The molecule has 3 rings (SSSR count). The van der Waals surface area contributed by atoms with Gasteiger partial charge >= 0.3 is 0 Å². The van der Waals surface area contributed by atoms with Crippen LogP contribution in [0.2, 0.25) is 0 Å². The fraction of sp³-hybridized carbons (Fsp3) is 0.500. The van der Waals surface area contributed by atoms with Crippen molar-refractivity contribution in [2.24, 2.45) is 5.92 Å². The van der Waals surface area contributed by atoms with Gasteiger partial charge in [0.05, 0.1) is 6.61 Å². The number of ether oxygens (including phenoxy) is 1. The van der Waals surface area contributed by atoms with Gasteiger partial charge in [0.15, 0.2) is 23.2 Å². The second kappa shape index (κ2) is 12.2. The SMILES string of the molecule is C/C=C\CC1CCC(c2ccc(-c3ccc(OCCCCCC)c(F)c3F)c(F)c2F)CC1. The monoisotopic (exact) mass is 462 g/mol. The number of hydrogen-bond donors (Lipinski definition) is 0. The summed E-state index contributed by atoms with van der Waals surface area (Å²) in [6.07, 6.45) is 12.6. The molecule has 0 aromatic heterocycles. The summed E-state index contributed by atoms with van der Waals surface area (Å²) in [7, 11) is 0. The first-order chi connectivity index (χ1) is 16.0. The molecule has 0 bridgehead atoms. The first kappa shape index (κ1) is 25.3. The highest BCUT2D eigenvalue weighted by Gasteiger charge is 2.27. The number of allylic oxidation sites excluding steroid dienone is 2. The lowest BCUT2D eigenvalue weighted by atomic mass is 9.77. The van der Waals surface area contributed by atoms with Crippen molar-refractivity contribution in [1.29, 1.82) is 0 Å². The Morgan fingerprint density at radius 2 is 1.48 bits per heavy atom. The van der Waals surface area contributed by atoms with Gasteiger partial charge in [-0.15, -0.1) is 0 Å². The van der Waals surface area contributed by atoms with E-state index in [4.69, 9.17) is 4.74 Å². The second-order valence-electron chi connectivity index (χ2n) is 9.00. The van der Waals surface area contributed by atoms with Crippen molar-refractivity contribution in [2.45, 2.75) is 77.6 Å². The molecule has 5 heteroatoms. The third-order valence-electron chi connectivity index (χ3n) is 6.70. The number of hydrogen-bond acceptors (Lipinski definition) is 1. The molecule has 180 valence electrons. The van der Waals surface area contributed by atoms with Crippen LogP contribution in [0.25, 0.3) is 11.1 Å². The Hall–Kier alpha value is -2.30. The summed E-state index contributed by atoms with van der Waals surface area (Å²) in [4.78, 5) is 0. The largest absolute Gasteiger partial charge is 0.490 e. The second-order valence-corrected chi connectivity index (χ2v) is 9.00. The molecule has 1 aliphatic carbocycles. The molecule has 0 unspecified atom stereocenters. The predicted molar refractivity (Wildman–Crippen MR) is 125 cm³/mol. The van der Waals surface area contributed by atoms with Crippen LogP contribution >= 0.6 is 0 Å². The Balaban J connectivity index is 1.74. The number of unbranched alkanes of at least 4 members (excludes halogenated alkanes) is 3. The molecule has 2 aromatic carbocycles. The van der Waals surface area contributed by atoms with Gasteiger partial charge in [0.25, 0.3) is 0 Å². The smallest absolute Gasteiger partial charge is 0.201 e. The highest BCUT2D eigenvalue weighted by atomic mass is 19.2. The zero-order valence-electron chi connectivity index (χ0n) is 19.6. The average molecular weight is 463 g/mol. The Morgan fingerprint density at radius 1 is 0.818 bits per heavy atom. The molecule has 0 radical (unpaired) electrons. The summed E-state index contributed by atoms with van der Waals surface area (Å²) in [5.41, 5.74) is -0.249. The lowest BCUT2D eigenvalue weighted by Gasteiger charge is -2.28. The molecular weight excluding hydrogens is 428 g/mol. The van der Waals surface area contributed by atoms with Crippen molar-refractivity contribution in [3.63, 3.8) is 0 Å². The molecule has 2 aromatic rings. The van der Waals surface area contributed by atoms with Gasteiger partial charge in [0.2, 0.25) is 5.82 Å². The van der Waals surface area contributed by atoms with E-state index in [2.05, 4.69) is 13.0 Å². The first-order valence-corrected chi connectivity index (χ1v) is 12.2. The van der Waals surface area contributed by atoms with Crippen LogP contribution in [-0.2, 0) is 0 Å². The summed E-state index contributed by atoms with van der Waals surface area (Å²) in [6, 6.07) is 5.43. The third kappa shape index (κ3) is 6.18. The quantitative estimate of drug-likeness (QED) is 0.194. The molecule has 0 atom stereocenters. The van der Waals surface area contributed by atoms with E-state index in [1.54, 1.807) is 0 Å². The first-order valence-electron chi connectivity index (χ1n) is 12.2. The van der Waals surface area contributed by atoms with Gasteiger partial charge in [-0.25, -0.2) is 13.2 Å². The van der Waals surface area contributed by atoms with Crippen LogP contribution in [-0.4, -0.2) is 6.61 Å². The molecule has 1 saturated carbocycles. The maximum absolute atomic E-state index is 15.0. The van der Waals surface area contributed by atoms with E-state index in [1.807, 2.05) is 13.0 Å². The standard InChI is InChI=1S/C28H34F4O/c1-3-5-7-8-18-33-24-17-16-23(27(31)28(24)32)22-15-14-21(25(29)26(22)30)20-12-10-19(11-13-20)9-6-4-2/h4,6,14-17,19-20H,3,5,7-13,18H2,1-2H3/b6-4-. The van der Waals surface area contributed by atoms with E-state index < -0.39 is 23.3 Å². The summed E-state index contributed by atoms with van der Waals surface area (Å²) in [5.74, 6) is -4.17. The minimum atomic E-state index is -1.23. The van der Waals surface area contributed by atoms with Crippen LogP contribution in [0, 0.1) is 29.2 Å². The Morgan fingerprint density at radius 3 is 2.15 bits per heavy atom. The maximum Gasteiger partial charge on any atom is 0.201 e. The molecule has 0 heterocycles. The molecule has 0 amide bonds. The normalized spacial score (nSPS) is 18.7. The van der Waals surface area contributed by atoms with Crippen molar-refractivity contribution < 1.29 is 22.3 Å². The molecule has 33 heavy (non-hydrogen) atoms. The minimum absolute atomic E-state index is 0.0551. The highest BCUT2D eigenvalue weighted by Crippen LogP contribution is 2.40. The van der Waals surface area contributed by atoms with Crippen LogP contribution in [0.4, 0.5) is 17.6 Å². The maximum atomic E-state index is 15.0. The van der Waals surface area contributed by atoms with Gasteiger partial charge in [-0.3, -0.25) is 0 Å². The van der Waals surface area contributed by atoms with Crippen molar-refractivity contribution in [3.8, 4) is 16.9 Å². The molecule has 0 spiro atoms. The Bertz CT molecular complexity index is 945. The van der Waals surface area contributed by atoms with Gasteiger partial charge in [0.1, 0.15) is 0 Å². The van der Waals surface area contributed by atoms with Gasteiger partial charge in [-0.2, -0.15) is 4.39 Å². The van der Waals surface area contributed by atoms with Crippen molar-refractivity contribution in [2.75, 3.05) is 6.61 Å². The third-order valence-corrected chi connectivity index (χ3v) is 6.70. The molecule has 1 nitrogen and oxygen atoms in total. The van der Waals surface area contributed by atoms with Crippen LogP contribution in [0.3, 0.4) is 0 Å². The molecule has 0 saturated heterocycles. The Labute approximate surface area is 194 Å². The number of halogens is 4. The number of benzene rings is 2. The van der Waals surface area contributed by atoms with E-state index in [0.29, 0.717) is 11.5 Å². The van der Waals surface area contributed by atoms with E-state index in [0.717, 1.165) is 57.8 Å². The van der Waals surface area contributed by atoms with Gasteiger partial charge in [-0.1, -0.05) is 50.5 Å². The summed E-state index contributed by atoms with van der Waals surface area (Å²) in [5, 5.41) is 0. The molecular formula is C28H34F4O. The molecule has 0 aliphatic heterocycles. The Kier molecular flexibility index (Phi) is 9.40. The zero-order chi connectivity index (χ0) is 23.8. The van der Waals surface area contributed by atoms with E-state index >= 15 is 0 Å². The predicted octanol–water partition coefficient (Wildman–Crippen LogP) is 9.11. The lowest BCUT2D eigenvalue weighted by Crippen LogP contribution is -2.14. The van der Waals surface area contributed by atoms with Crippen LogP contribution < -0.4 is 4.74 Å². The zero-order valence-corrected chi connectivity index (χ0v) is 19.6. The van der Waals surface area contributed by atoms with Crippen molar-refractivity contribution in [1.82, 2.24) is 0 Å². The van der Waals surface area contributed by atoms with Crippen molar-refractivity contribution in [3.05, 3.63) is 65.2 Å². The van der Waals surface area contributed by atoms with E-state index in [1.165, 1.54) is 24.3 Å². The van der Waals surface area contributed by atoms with Crippen LogP contribution in [0.5, 0.6) is 5.75 Å². The fourth-order valence-electron chi connectivity index (χ4n) is 4.69. The topological polar surface area (TPSA) is 9.23 Å². The lowest BCUT2D eigenvalue weighted by molar-refractivity contribution is 0.285. The molecule has 1 aliphatic rings.